The molecule has 3 aliphatic rings. The maximum Gasteiger partial charge on any atom is 0.384 e. The lowest BCUT2D eigenvalue weighted by molar-refractivity contribution is -0.00900. The minimum atomic E-state index is -4.59. The van der Waals surface area contributed by atoms with Gasteiger partial charge in [-0.1, -0.05) is 189 Å². The molecule has 7 aromatic rings. The zero-order valence-electron chi connectivity index (χ0n) is 37.2. The van der Waals surface area contributed by atoms with Crippen molar-refractivity contribution in [2.45, 2.75) is 68.5 Å². The maximum atomic E-state index is 14.6. The smallest absolute Gasteiger partial charge is 0.384 e. The Labute approximate surface area is 394 Å². The summed E-state index contributed by atoms with van der Waals surface area (Å²) in [5.74, 6) is 0.0806. The van der Waals surface area contributed by atoms with Crippen LogP contribution in [0.1, 0.15) is 89.5 Å². The van der Waals surface area contributed by atoms with Crippen molar-refractivity contribution >= 4 is 20.6 Å². The highest BCUT2D eigenvalue weighted by atomic mass is 32.2. The molecule has 0 saturated heterocycles. The number of fused-ring (bicyclic) bond motifs is 5. The number of phenolic OH excluding ortho intramolecular Hbond substituents is 1. The van der Waals surface area contributed by atoms with E-state index >= 15 is 0 Å². The Kier molecular flexibility index (Phi) is 11.9. The summed E-state index contributed by atoms with van der Waals surface area (Å²) in [6.45, 7) is 2.18. The Hall–Kier alpha value is -6.08. The van der Waals surface area contributed by atoms with Crippen molar-refractivity contribution in [3.8, 4) is 11.5 Å². The lowest BCUT2D eigenvalue weighted by Gasteiger charge is -2.50. The highest BCUT2D eigenvalue weighted by Crippen LogP contribution is 2.62. The third-order valence-electron chi connectivity index (χ3n) is 15.0. The SMILES string of the molecule is C[C@]12CC[C@@H]3c4cc(O)c(OS(=O)(=O)NC(c5ccccc5)(c5ccccc5)c5ccccc5)cc4CC[C@H]3[C@@H]1CC[C@@H]2OS(=O)(=O)NC(c1ccccc1)(c1ccccc1)c1ccccc1. The van der Waals surface area contributed by atoms with E-state index in [0.29, 0.717) is 29.5 Å². The molecule has 0 bridgehead atoms. The molecule has 0 spiro atoms. The van der Waals surface area contributed by atoms with Gasteiger partial charge in [0.15, 0.2) is 11.5 Å². The quantitative estimate of drug-likeness (QED) is 0.0926. The molecule has 0 aliphatic heterocycles. The standard InChI is InChI=1S/C56H54N2O7S2/c1-54-37-36-47-48(50(54)34-35-53(54)65-67(62,63)58-56(44-26-14-5-15-27-44,45-28-16-6-17-29-45)46-30-18-7-19-31-46)33-32-40-38-52(51(59)39-49(40)47)64-66(60,61)57-55(41-20-8-2-9-21-41,42-22-10-3-11-23-42)43-24-12-4-13-25-43/h2-31,38-39,47-48,50,53,57-59H,32-37H2,1H3/t47-,48+,50-,53-,54-/m0/s1. The van der Waals surface area contributed by atoms with E-state index in [9.17, 15) is 21.9 Å². The van der Waals surface area contributed by atoms with Gasteiger partial charge in [0.1, 0.15) is 11.1 Å². The van der Waals surface area contributed by atoms with Gasteiger partial charge in [-0.15, -0.1) is 0 Å². The molecule has 2 fully saturated rings. The van der Waals surface area contributed by atoms with E-state index in [1.54, 1.807) is 12.1 Å². The molecule has 67 heavy (non-hydrogen) atoms. The lowest BCUT2D eigenvalue weighted by Crippen LogP contribution is -2.51. The van der Waals surface area contributed by atoms with Gasteiger partial charge in [-0.25, -0.2) is 0 Å². The minimum Gasteiger partial charge on any atom is -0.504 e. The van der Waals surface area contributed by atoms with Gasteiger partial charge < -0.3 is 9.29 Å². The van der Waals surface area contributed by atoms with Crippen molar-refractivity contribution in [1.82, 2.24) is 9.44 Å². The molecule has 342 valence electrons. The molecule has 9 nitrogen and oxygen atoms in total. The molecule has 3 N–H and O–H groups in total. The van der Waals surface area contributed by atoms with E-state index in [1.165, 1.54) is 0 Å². The van der Waals surface area contributed by atoms with Gasteiger partial charge >= 0.3 is 20.6 Å². The van der Waals surface area contributed by atoms with Crippen LogP contribution in [0.2, 0.25) is 0 Å². The Morgan fingerprint density at radius 3 is 1.36 bits per heavy atom. The summed E-state index contributed by atoms with van der Waals surface area (Å²) in [7, 11) is -8.96. The normalized spacial score (nSPS) is 21.7. The Balaban J connectivity index is 0.903. The van der Waals surface area contributed by atoms with Gasteiger partial charge in [0.2, 0.25) is 0 Å². The lowest BCUT2D eigenvalue weighted by atomic mass is 9.55. The molecule has 11 heteroatoms. The van der Waals surface area contributed by atoms with Crippen LogP contribution in [0, 0.1) is 17.3 Å². The van der Waals surface area contributed by atoms with Crippen molar-refractivity contribution in [1.29, 1.82) is 0 Å². The molecule has 0 radical (unpaired) electrons. The molecular weight excluding hydrogens is 877 g/mol. The van der Waals surface area contributed by atoms with E-state index in [4.69, 9.17) is 8.37 Å². The minimum absolute atomic E-state index is 0.0915. The molecule has 0 amide bonds. The van der Waals surface area contributed by atoms with E-state index in [0.717, 1.165) is 53.5 Å². The molecule has 0 aromatic heterocycles. The van der Waals surface area contributed by atoms with Crippen LogP contribution in [0.4, 0.5) is 0 Å². The number of aryl methyl sites for hydroxylation is 1. The molecule has 2 saturated carbocycles. The van der Waals surface area contributed by atoms with E-state index < -0.39 is 43.2 Å². The van der Waals surface area contributed by atoms with Crippen LogP contribution >= 0.6 is 0 Å². The highest BCUT2D eigenvalue weighted by Gasteiger charge is 2.57. The Morgan fingerprint density at radius 2 is 0.940 bits per heavy atom. The molecule has 0 unspecified atom stereocenters. The van der Waals surface area contributed by atoms with Crippen molar-refractivity contribution < 1.29 is 30.3 Å². The number of rotatable bonds is 14. The van der Waals surface area contributed by atoms with Crippen LogP contribution in [0.25, 0.3) is 0 Å². The summed E-state index contributed by atoms with van der Waals surface area (Å²) in [6, 6.07) is 60.4. The number of nitrogens with one attached hydrogen (secondary N) is 2. The summed E-state index contributed by atoms with van der Waals surface area (Å²) in [6.07, 6.45) is 3.79. The summed E-state index contributed by atoms with van der Waals surface area (Å²) in [5.41, 5.74) is 3.25. The first-order valence-electron chi connectivity index (χ1n) is 23.1. The zero-order chi connectivity index (χ0) is 46.3. The average molecular weight is 931 g/mol. The predicted octanol–water partition coefficient (Wildman–Crippen LogP) is 10.7. The summed E-state index contributed by atoms with van der Waals surface area (Å²) < 4.78 is 76.2. The van der Waals surface area contributed by atoms with E-state index in [1.807, 2.05) is 182 Å². The van der Waals surface area contributed by atoms with Crippen LogP contribution in [-0.2, 0) is 42.3 Å². The van der Waals surface area contributed by atoms with Crippen LogP contribution < -0.4 is 13.6 Å². The fourth-order valence-electron chi connectivity index (χ4n) is 11.9. The average Bonchev–Trinajstić information content (AvgIpc) is 3.69. The monoisotopic (exact) mass is 930 g/mol. The van der Waals surface area contributed by atoms with Crippen LogP contribution in [0.3, 0.4) is 0 Å². The Morgan fingerprint density at radius 1 is 0.537 bits per heavy atom. The summed E-state index contributed by atoms with van der Waals surface area (Å²) >= 11 is 0. The maximum absolute atomic E-state index is 14.6. The fraction of sp³-hybridized carbons (Fsp3) is 0.250. The van der Waals surface area contributed by atoms with Gasteiger partial charge in [-0.3, -0.25) is 4.18 Å². The van der Waals surface area contributed by atoms with Crippen molar-refractivity contribution in [3.63, 3.8) is 0 Å². The number of hydrogen-bond donors (Lipinski definition) is 3. The van der Waals surface area contributed by atoms with Crippen molar-refractivity contribution in [3.05, 3.63) is 239 Å². The third kappa shape index (κ3) is 8.27. The summed E-state index contributed by atoms with van der Waals surface area (Å²) in [5, 5.41) is 11.6. The van der Waals surface area contributed by atoms with Crippen molar-refractivity contribution in [2.24, 2.45) is 17.3 Å². The third-order valence-corrected chi connectivity index (χ3v) is 17.0. The van der Waals surface area contributed by atoms with Crippen LogP contribution in [-0.4, -0.2) is 28.0 Å². The van der Waals surface area contributed by atoms with Gasteiger partial charge in [0.25, 0.3) is 0 Å². The Bertz CT molecular complexity index is 2860. The molecule has 7 aromatic carbocycles. The van der Waals surface area contributed by atoms with Gasteiger partial charge in [0.05, 0.1) is 6.10 Å². The second-order valence-corrected chi connectivity index (χ2v) is 21.1. The molecular formula is C56H54N2O7S2. The summed E-state index contributed by atoms with van der Waals surface area (Å²) in [4.78, 5) is 0. The van der Waals surface area contributed by atoms with Gasteiger partial charge in [-0.05, 0) is 118 Å². The largest absolute Gasteiger partial charge is 0.504 e. The van der Waals surface area contributed by atoms with Gasteiger partial charge in [-0.2, -0.15) is 26.3 Å². The van der Waals surface area contributed by atoms with Crippen LogP contribution in [0.15, 0.2) is 194 Å². The second kappa shape index (κ2) is 17.9. The number of hydrogen-bond acceptors (Lipinski definition) is 7. The zero-order valence-corrected chi connectivity index (χ0v) is 38.9. The first-order valence-corrected chi connectivity index (χ1v) is 25.9. The molecule has 0 heterocycles. The molecule has 3 aliphatic carbocycles. The number of aromatic hydroxyl groups is 1. The second-order valence-electron chi connectivity index (χ2n) is 18.5. The first-order chi connectivity index (χ1) is 32.4. The highest BCUT2D eigenvalue weighted by molar-refractivity contribution is 7.85. The number of phenols is 1. The predicted molar refractivity (Wildman–Crippen MR) is 261 cm³/mol. The van der Waals surface area contributed by atoms with E-state index in [2.05, 4.69) is 16.4 Å². The molecule has 10 rings (SSSR count). The van der Waals surface area contributed by atoms with Crippen molar-refractivity contribution in [2.75, 3.05) is 0 Å². The van der Waals surface area contributed by atoms with Crippen LogP contribution in [0.5, 0.6) is 11.5 Å². The first kappa shape index (κ1) is 44.7. The van der Waals surface area contributed by atoms with Gasteiger partial charge in [0, 0.05) is 0 Å². The topological polar surface area (TPSA) is 131 Å². The van der Waals surface area contributed by atoms with E-state index in [-0.39, 0.29) is 29.3 Å². The number of benzene rings is 7. The fourth-order valence-corrected chi connectivity index (χ4v) is 14.5. The molecule has 5 atom stereocenters.